The lowest BCUT2D eigenvalue weighted by atomic mass is 9.93. The van der Waals surface area contributed by atoms with E-state index in [2.05, 4.69) is 73.9 Å². The Morgan fingerprint density at radius 1 is 1.08 bits per heavy atom. The van der Waals surface area contributed by atoms with Crippen molar-refractivity contribution in [1.82, 2.24) is 4.98 Å². The molecular weight excluding hydrogens is 336 g/mol. The molecule has 4 aromatic rings. The molecule has 2 aromatic heterocycles. The molecule has 0 aliphatic carbocycles. The normalized spacial score (nSPS) is 12.8. The summed E-state index contributed by atoms with van der Waals surface area (Å²) >= 11 is 1.89. The van der Waals surface area contributed by atoms with E-state index in [0.29, 0.717) is 5.92 Å². The van der Waals surface area contributed by atoms with E-state index in [9.17, 15) is 0 Å². The highest BCUT2D eigenvalue weighted by molar-refractivity contribution is 7.99. The number of aromatic nitrogens is 2. The maximum atomic E-state index is 4.60. The fourth-order valence-electron chi connectivity index (χ4n) is 4.06. The van der Waals surface area contributed by atoms with Crippen molar-refractivity contribution in [2.75, 3.05) is 0 Å². The van der Waals surface area contributed by atoms with E-state index in [4.69, 9.17) is 0 Å². The summed E-state index contributed by atoms with van der Waals surface area (Å²) in [4.78, 5) is 7.27. The molecule has 0 unspecified atom stereocenters. The van der Waals surface area contributed by atoms with E-state index >= 15 is 0 Å². The molecule has 0 amide bonds. The average molecular weight is 358 g/mol. The zero-order valence-electron chi connectivity index (χ0n) is 15.5. The Bertz CT molecular complexity index is 1210. The fraction of sp³-hybridized carbons (Fsp3) is 0.217. The van der Waals surface area contributed by atoms with Crippen molar-refractivity contribution in [2.45, 2.75) is 36.5 Å². The van der Waals surface area contributed by atoms with Crippen molar-refractivity contribution in [3.05, 3.63) is 59.9 Å². The third-order valence-corrected chi connectivity index (χ3v) is 6.56. The molecule has 0 N–H and O–H groups in total. The summed E-state index contributed by atoms with van der Waals surface area (Å²) < 4.78 is 2.27. The summed E-state index contributed by atoms with van der Waals surface area (Å²) in [5.41, 5.74) is 6.48. The van der Waals surface area contributed by atoms with Gasteiger partial charge in [0.2, 0.25) is 5.69 Å². The van der Waals surface area contributed by atoms with E-state index in [1.54, 1.807) is 0 Å². The standard InChI is InChI=1S/C23H21N2S/c1-13(2)16-10-15-7-9-25(4)23-21-14(3)17-6-5-8-24-18(17)12-20(21)26-19(11-16)22(15)23/h5-13H,1-4H3/q+1. The topological polar surface area (TPSA) is 16.8 Å². The summed E-state index contributed by atoms with van der Waals surface area (Å²) in [5, 5.41) is 3.96. The minimum Gasteiger partial charge on any atom is -0.256 e. The van der Waals surface area contributed by atoms with Crippen LogP contribution in [0.4, 0.5) is 0 Å². The van der Waals surface area contributed by atoms with Crippen LogP contribution in [0.2, 0.25) is 0 Å². The maximum Gasteiger partial charge on any atom is 0.222 e. The average Bonchev–Trinajstić information content (AvgIpc) is 2.63. The summed E-state index contributed by atoms with van der Waals surface area (Å²) in [7, 11) is 2.15. The monoisotopic (exact) mass is 357 g/mol. The molecule has 2 aromatic carbocycles. The first kappa shape index (κ1) is 15.8. The van der Waals surface area contributed by atoms with Gasteiger partial charge in [0.25, 0.3) is 0 Å². The van der Waals surface area contributed by atoms with Crippen molar-refractivity contribution in [3.63, 3.8) is 0 Å². The predicted octanol–water partition coefficient (Wildman–Crippen LogP) is 5.78. The largest absolute Gasteiger partial charge is 0.256 e. The molecule has 0 fully saturated rings. The van der Waals surface area contributed by atoms with Gasteiger partial charge >= 0.3 is 0 Å². The second-order valence-electron chi connectivity index (χ2n) is 7.46. The van der Waals surface area contributed by atoms with Gasteiger partial charge < -0.3 is 0 Å². The first-order chi connectivity index (χ1) is 12.5. The second kappa shape index (κ2) is 5.55. The molecular formula is C23H21N2S+. The van der Waals surface area contributed by atoms with E-state index in [1.807, 2.05) is 24.0 Å². The lowest BCUT2D eigenvalue weighted by Crippen LogP contribution is -2.31. The fourth-order valence-corrected chi connectivity index (χ4v) is 5.33. The van der Waals surface area contributed by atoms with Gasteiger partial charge in [-0.15, -0.1) is 0 Å². The van der Waals surface area contributed by atoms with Crippen LogP contribution in [-0.2, 0) is 7.05 Å². The minimum absolute atomic E-state index is 0.523. The van der Waals surface area contributed by atoms with Gasteiger partial charge in [-0.1, -0.05) is 37.7 Å². The third kappa shape index (κ3) is 2.13. The van der Waals surface area contributed by atoms with Crippen LogP contribution in [0.1, 0.15) is 30.9 Å². The SMILES string of the molecule is Cc1c2c(cc3ncccc13)Sc1cc(C(C)C)cc3cc[n+](C)c-2c13. The Balaban J connectivity index is 1.95. The van der Waals surface area contributed by atoms with Crippen LogP contribution in [0, 0.1) is 6.92 Å². The Hall–Kier alpha value is -2.39. The number of hydrogen-bond acceptors (Lipinski definition) is 2. The summed E-state index contributed by atoms with van der Waals surface area (Å²) in [5.74, 6) is 0.523. The molecule has 0 saturated heterocycles. The molecule has 1 aliphatic rings. The minimum atomic E-state index is 0.523. The van der Waals surface area contributed by atoms with Gasteiger partial charge in [-0.3, -0.25) is 4.98 Å². The van der Waals surface area contributed by atoms with Crippen molar-refractivity contribution >= 4 is 33.4 Å². The van der Waals surface area contributed by atoms with Gasteiger partial charge in [0.05, 0.1) is 16.5 Å². The number of aryl methyl sites for hydroxylation is 2. The molecule has 5 rings (SSSR count). The molecule has 0 atom stereocenters. The van der Waals surface area contributed by atoms with Crippen molar-refractivity contribution in [1.29, 1.82) is 0 Å². The van der Waals surface area contributed by atoms with Crippen LogP contribution in [0.3, 0.4) is 0 Å². The lowest BCUT2D eigenvalue weighted by Gasteiger charge is -2.22. The van der Waals surface area contributed by atoms with Crippen molar-refractivity contribution in [2.24, 2.45) is 7.05 Å². The molecule has 1 aliphatic heterocycles. The Morgan fingerprint density at radius 3 is 2.73 bits per heavy atom. The quantitative estimate of drug-likeness (QED) is 0.354. The van der Waals surface area contributed by atoms with Crippen LogP contribution in [-0.4, -0.2) is 4.98 Å². The number of nitrogens with zero attached hydrogens (tertiary/aromatic N) is 2. The Morgan fingerprint density at radius 2 is 1.92 bits per heavy atom. The Labute approximate surface area is 157 Å². The summed E-state index contributed by atoms with van der Waals surface area (Å²) in [6.45, 7) is 6.76. The summed E-state index contributed by atoms with van der Waals surface area (Å²) in [6.07, 6.45) is 4.07. The van der Waals surface area contributed by atoms with Crippen LogP contribution < -0.4 is 4.57 Å². The van der Waals surface area contributed by atoms with Crippen LogP contribution in [0.15, 0.2) is 58.6 Å². The first-order valence-electron chi connectivity index (χ1n) is 9.07. The second-order valence-corrected chi connectivity index (χ2v) is 8.54. The molecule has 3 heteroatoms. The van der Waals surface area contributed by atoms with Gasteiger partial charge in [0.1, 0.15) is 7.05 Å². The van der Waals surface area contributed by atoms with Gasteiger partial charge in [-0.2, -0.15) is 0 Å². The molecule has 0 radical (unpaired) electrons. The van der Waals surface area contributed by atoms with Crippen molar-refractivity contribution < 1.29 is 4.57 Å². The van der Waals surface area contributed by atoms with E-state index in [-0.39, 0.29) is 0 Å². The zero-order valence-corrected chi connectivity index (χ0v) is 16.3. The number of fused-ring (bicyclic) bond motifs is 3. The molecule has 3 heterocycles. The van der Waals surface area contributed by atoms with Gasteiger partial charge in [0, 0.05) is 27.4 Å². The van der Waals surface area contributed by atoms with Gasteiger partial charge in [-0.05, 0) is 47.6 Å². The highest BCUT2D eigenvalue weighted by Crippen LogP contribution is 2.49. The molecule has 2 nitrogen and oxygen atoms in total. The molecule has 0 spiro atoms. The number of pyridine rings is 2. The van der Waals surface area contributed by atoms with Gasteiger partial charge in [-0.25, -0.2) is 4.57 Å². The zero-order chi connectivity index (χ0) is 18.0. The summed E-state index contributed by atoms with van der Waals surface area (Å²) in [6, 6.07) is 13.4. The molecule has 128 valence electrons. The van der Waals surface area contributed by atoms with Crippen LogP contribution in [0.5, 0.6) is 0 Å². The number of rotatable bonds is 1. The smallest absolute Gasteiger partial charge is 0.222 e. The maximum absolute atomic E-state index is 4.60. The van der Waals surface area contributed by atoms with E-state index < -0.39 is 0 Å². The number of benzene rings is 2. The third-order valence-electron chi connectivity index (χ3n) is 5.48. The molecule has 26 heavy (non-hydrogen) atoms. The Kier molecular flexibility index (Phi) is 3.38. The first-order valence-corrected chi connectivity index (χ1v) is 9.89. The van der Waals surface area contributed by atoms with Crippen LogP contribution >= 0.6 is 11.8 Å². The van der Waals surface area contributed by atoms with Crippen LogP contribution in [0.25, 0.3) is 32.9 Å². The highest BCUT2D eigenvalue weighted by atomic mass is 32.2. The van der Waals surface area contributed by atoms with E-state index in [1.165, 1.54) is 48.3 Å². The van der Waals surface area contributed by atoms with E-state index in [0.717, 1.165) is 5.52 Å². The predicted molar refractivity (Wildman–Crippen MR) is 109 cm³/mol. The lowest BCUT2D eigenvalue weighted by molar-refractivity contribution is -0.659. The van der Waals surface area contributed by atoms with Crippen molar-refractivity contribution in [3.8, 4) is 11.3 Å². The van der Waals surface area contributed by atoms with Gasteiger partial charge in [0.15, 0.2) is 6.20 Å². The molecule has 0 bridgehead atoms. The highest BCUT2D eigenvalue weighted by Gasteiger charge is 2.29. The number of hydrogen-bond donors (Lipinski definition) is 0. The molecule has 0 saturated carbocycles.